The van der Waals surface area contributed by atoms with Gasteiger partial charge in [0.15, 0.2) is 0 Å². The highest BCUT2D eigenvalue weighted by Crippen LogP contribution is 2.28. The lowest BCUT2D eigenvalue weighted by Crippen LogP contribution is -2.31. The summed E-state index contributed by atoms with van der Waals surface area (Å²) in [6.45, 7) is 0.363. The Kier molecular flexibility index (Phi) is 6.14. The molecule has 1 aliphatic rings. The lowest BCUT2D eigenvalue weighted by molar-refractivity contribution is 0.0341. The summed E-state index contributed by atoms with van der Waals surface area (Å²) in [6.07, 6.45) is -1.96. The van der Waals surface area contributed by atoms with Gasteiger partial charge in [-0.1, -0.05) is 18.2 Å². The normalized spacial score (nSPS) is 19.0. The Balaban J connectivity index is 1.77. The number of anilines is 1. The Labute approximate surface area is 168 Å². The first-order valence-electron chi connectivity index (χ1n) is 8.77. The third kappa shape index (κ3) is 4.72. The maximum atomic E-state index is 12.7. The van der Waals surface area contributed by atoms with Gasteiger partial charge in [0.25, 0.3) is 10.0 Å². The second-order valence-corrected chi connectivity index (χ2v) is 8.05. The van der Waals surface area contributed by atoms with Crippen molar-refractivity contribution in [3.05, 3.63) is 48.5 Å². The summed E-state index contributed by atoms with van der Waals surface area (Å²) >= 11 is 0. The first-order valence-corrected chi connectivity index (χ1v) is 10.3. The van der Waals surface area contributed by atoms with Crippen molar-refractivity contribution in [1.29, 1.82) is 0 Å². The molecule has 10 heteroatoms. The van der Waals surface area contributed by atoms with Crippen LogP contribution in [0.5, 0.6) is 11.5 Å². The molecule has 0 bridgehead atoms. The quantitative estimate of drug-likeness (QED) is 0.703. The number of nitrogens with zero attached hydrogens (tertiary/aromatic N) is 1. The predicted molar refractivity (Wildman–Crippen MR) is 105 cm³/mol. The predicted octanol–water partition coefficient (Wildman–Crippen LogP) is 2.25. The number of carboxylic acid groups (broad SMARTS) is 1. The number of para-hydroxylation sites is 1. The molecular weight excluding hydrogens is 400 g/mol. The molecule has 2 N–H and O–H groups in total. The molecule has 2 atom stereocenters. The number of amides is 1. The van der Waals surface area contributed by atoms with Crippen LogP contribution in [0.3, 0.4) is 0 Å². The topological polar surface area (TPSA) is 114 Å². The van der Waals surface area contributed by atoms with Gasteiger partial charge in [-0.05, 0) is 24.3 Å². The Morgan fingerprint density at radius 3 is 2.52 bits per heavy atom. The third-order valence-corrected chi connectivity index (χ3v) is 5.94. The Morgan fingerprint density at radius 1 is 1.10 bits per heavy atom. The van der Waals surface area contributed by atoms with E-state index < -0.39 is 28.3 Å². The van der Waals surface area contributed by atoms with E-state index >= 15 is 0 Å². The average Bonchev–Trinajstić information content (AvgIpc) is 3.11. The molecule has 0 saturated carbocycles. The summed E-state index contributed by atoms with van der Waals surface area (Å²) in [5.41, 5.74) is 0.301. The summed E-state index contributed by atoms with van der Waals surface area (Å²) in [6, 6.07) is 12.7. The van der Waals surface area contributed by atoms with Gasteiger partial charge in [0.1, 0.15) is 28.6 Å². The van der Waals surface area contributed by atoms with Gasteiger partial charge in [-0.2, -0.15) is 0 Å². The largest absolute Gasteiger partial charge is 0.495 e. The molecule has 29 heavy (non-hydrogen) atoms. The second-order valence-electron chi connectivity index (χ2n) is 6.40. The molecule has 0 spiro atoms. The van der Waals surface area contributed by atoms with E-state index in [4.69, 9.17) is 19.3 Å². The van der Waals surface area contributed by atoms with Crippen LogP contribution < -0.4 is 14.2 Å². The van der Waals surface area contributed by atoms with Crippen molar-refractivity contribution in [2.75, 3.05) is 32.0 Å². The van der Waals surface area contributed by atoms with Gasteiger partial charge in [0.2, 0.25) is 0 Å². The molecule has 0 aromatic heterocycles. The van der Waals surface area contributed by atoms with Crippen LogP contribution in [0.4, 0.5) is 10.5 Å². The number of sulfonamides is 1. The molecule has 1 heterocycles. The summed E-state index contributed by atoms with van der Waals surface area (Å²) < 4.78 is 44.3. The van der Waals surface area contributed by atoms with E-state index in [0.29, 0.717) is 11.4 Å². The fraction of sp³-hybridized carbons (Fsp3) is 0.316. The highest BCUT2D eigenvalue weighted by Gasteiger charge is 2.37. The second kappa shape index (κ2) is 8.58. The van der Waals surface area contributed by atoms with Crippen LogP contribution in [-0.2, 0) is 14.8 Å². The standard InChI is InChI=1S/C19H22N2O7S/c1-26-15-8-3-4-9-18(15)29(24,25)20-13-6-5-7-14(10-13)28-17-12-21(19(22)23)11-16(17)27-2/h3-10,16-17,20H,11-12H2,1-2H3,(H,22,23)/t16-,17-/m1/s1. The number of likely N-dealkylation sites (tertiary alicyclic amines) is 1. The van der Waals surface area contributed by atoms with Crippen molar-refractivity contribution in [2.24, 2.45) is 0 Å². The van der Waals surface area contributed by atoms with Crippen molar-refractivity contribution < 1.29 is 32.5 Å². The van der Waals surface area contributed by atoms with Gasteiger partial charge in [-0.3, -0.25) is 4.72 Å². The fourth-order valence-corrected chi connectivity index (χ4v) is 4.32. The van der Waals surface area contributed by atoms with Gasteiger partial charge in [0.05, 0.1) is 25.9 Å². The van der Waals surface area contributed by atoms with Crippen LogP contribution in [0.2, 0.25) is 0 Å². The molecule has 3 rings (SSSR count). The first kappa shape index (κ1) is 20.7. The molecular formula is C19H22N2O7S. The zero-order valence-corrected chi connectivity index (χ0v) is 16.8. The molecule has 2 aromatic rings. The van der Waals surface area contributed by atoms with Crippen LogP contribution >= 0.6 is 0 Å². The number of carbonyl (C=O) groups is 1. The van der Waals surface area contributed by atoms with Crippen molar-refractivity contribution in [3.63, 3.8) is 0 Å². The maximum absolute atomic E-state index is 12.7. The van der Waals surface area contributed by atoms with Gasteiger partial charge in [0, 0.05) is 13.2 Å². The highest BCUT2D eigenvalue weighted by atomic mass is 32.2. The van der Waals surface area contributed by atoms with Crippen LogP contribution in [0.15, 0.2) is 53.4 Å². The van der Waals surface area contributed by atoms with E-state index in [1.807, 2.05) is 0 Å². The Hall–Kier alpha value is -2.98. The van der Waals surface area contributed by atoms with E-state index in [9.17, 15) is 13.2 Å². The van der Waals surface area contributed by atoms with Gasteiger partial charge in [-0.25, -0.2) is 13.2 Å². The minimum atomic E-state index is -3.88. The fourth-order valence-electron chi connectivity index (χ4n) is 3.10. The van der Waals surface area contributed by atoms with Crippen molar-refractivity contribution >= 4 is 21.8 Å². The molecule has 0 radical (unpaired) electrons. The van der Waals surface area contributed by atoms with Gasteiger partial charge in [-0.15, -0.1) is 0 Å². The monoisotopic (exact) mass is 422 g/mol. The van der Waals surface area contributed by atoms with Crippen molar-refractivity contribution in [1.82, 2.24) is 4.90 Å². The van der Waals surface area contributed by atoms with Gasteiger partial charge >= 0.3 is 6.09 Å². The minimum Gasteiger partial charge on any atom is -0.495 e. The third-order valence-electron chi connectivity index (χ3n) is 4.52. The van der Waals surface area contributed by atoms with Crippen LogP contribution in [0.25, 0.3) is 0 Å². The van der Waals surface area contributed by atoms with E-state index in [1.165, 1.54) is 31.3 Å². The number of methoxy groups -OCH3 is 2. The average molecular weight is 422 g/mol. The summed E-state index contributed by atoms with van der Waals surface area (Å²) in [5, 5.41) is 9.16. The van der Waals surface area contributed by atoms with Gasteiger partial charge < -0.3 is 24.2 Å². The van der Waals surface area contributed by atoms with E-state index in [1.54, 1.807) is 36.4 Å². The summed E-state index contributed by atoms with van der Waals surface area (Å²) in [7, 11) is -0.987. The molecule has 1 saturated heterocycles. The Morgan fingerprint density at radius 2 is 1.83 bits per heavy atom. The molecule has 9 nitrogen and oxygen atoms in total. The molecule has 2 aromatic carbocycles. The van der Waals surface area contributed by atoms with Crippen LogP contribution in [-0.4, -0.2) is 64.0 Å². The zero-order valence-electron chi connectivity index (χ0n) is 15.9. The molecule has 1 amide bonds. The number of hydrogen-bond donors (Lipinski definition) is 2. The molecule has 0 aliphatic carbocycles. The smallest absolute Gasteiger partial charge is 0.407 e. The number of benzene rings is 2. The number of ether oxygens (including phenoxy) is 3. The van der Waals surface area contributed by atoms with E-state index in [-0.39, 0.29) is 23.7 Å². The molecule has 1 aliphatic heterocycles. The van der Waals surface area contributed by atoms with Crippen LogP contribution in [0, 0.1) is 0 Å². The molecule has 1 fully saturated rings. The zero-order chi connectivity index (χ0) is 21.0. The minimum absolute atomic E-state index is 0.0150. The van der Waals surface area contributed by atoms with Crippen LogP contribution in [0.1, 0.15) is 0 Å². The highest BCUT2D eigenvalue weighted by molar-refractivity contribution is 7.92. The van der Waals surface area contributed by atoms with E-state index in [2.05, 4.69) is 4.72 Å². The number of nitrogens with one attached hydrogen (secondary N) is 1. The lowest BCUT2D eigenvalue weighted by Gasteiger charge is -2.19. The number of hydrogen-bond acceptors (Lipinski definition) is 6. The van der Waals surface area contributed by atoms with Crippen molar-refractivity contribution in [2.45, 2.75) is 17.1 Å². The van der Waals surface area contributed by atoms with Crippen molar-refractivity contribution in [3.8, 4) is 11.5 Å². The summed E-state index contributed by atoms with van der Waals surface area (Å²) in [5.74, 6) is 0.625. The lowest BCUT2D eigenvalue weighted by atomic mass is 10.2. The first-order chi connectivity index (χ1) is 13.8. The number of rotatable bonds is 7. The molecule has 0 unspecified atom stereocenters. The molecule has 156 valence electrons. The van der Waals surface area contributed by atoms with E-state index in [0.717, 1.165) is 0 Å². The Bertz CT molecular complexity index is 980. The maximum Gasteiger partial charge on any atom is 0.407 e. The summed E-state index contributed by atoms with van der Waals surface area (Å²) in [4.78, 5) is 12.4. The SMILES string of the molecule is COc1ccccc1S(=O)(=O)Nc1cccc(O[C@@H]2CN(C(=O)O)C[C@H]2OC)c1.